The minimum absolute atomic E-state index is 0.112. The molecule has 0 aliphatic carbocycles. The molecular formula is C16H27NO2S. The summed E-state index contributed by atoms with van der Waals surface area (Å²) in [4.78, 5) is 13.2. The van der Waals surface area contributed by atoms with Gasteiger partial charge in [0.2, 0.25) is 0 Å². The molecule has 0 aliphatic heterocycles. The molecular weight excluding hydrogens is 270 g/mol. The van der Waals surface area contributed by atoms with E-state index < -0.39 is 0 Å². The van der Waals surface area contributed by atoms with E-state index in [2.05, 4.69) is 23.7 Å². The van der Waals surface area contributed by atoms with Crippen molar-refractivity contribution in [3.63, 3.8) is 0 Å². The van der Waals surface area contributed by atoms with Gasteiger partial charge in [-0.2, -0.15) is 0 Å². The van der Waals surface area contributed by atoms with Crippen LogP contribution in [0.1, 0.15) is 57.2 Å². The van der Waals surface area contributed by atoms with E-state index in [1.54, 1.807) is 11.3 Å². The molecule has 1 aromatic rings. The van der Waals surface area contributed by atoms with Gasteiger partial charge in [0, 0.05) is 11.4 Å². The van der Waals surface area contributed by atoms with Crippen LogP contribution >= 0.6 is 11.3 Å². The van der Waals surface area contributed by atoms with Crippen molar-refractivity contribution < 1.29 is 9.53 Å². The van der Waals surface area contributed by atoms with Gasteiger partial charge in [-0.1, -0.05) is 45.1 Å². The lowest BCUT2D eigenvalue weighted by Gasteiger charge is -2.16. The second-order valence-electron chi connectivity index (χ2n) is 4.97. The fourth-order valence-electron chi connectivity index (χ4n) is 2.14. The van der Waals surface area contributed by atoms with Gasteiger partial charge >= 0.3 is 5.97 Å². The smallest absolute Gasteiger partial charge is 0.323 e. The van der Waals surface area contributed by atoms with Gasteiger partial charge in [-0.05, 0) is 24.8 Å². The Morgan fingerprint density at radius 2 is 2.10 bits per heavy atom. The van der Waals surface area contributed by atoms with Crippen LogP contribution in [0.15, 0.2) is 17.5 Å². The van der Waals surface area contributed by atoms with Crippen molar-refractivity contribution in [2.24, 2.45) is 0 Å². The van der Waals surface area contributed by atoms with Crippen LogP contribution in [0, 0.1) is 0 Å². The number of carbonyl (C=O) groups excluding carboxylic acids is 1. The van der Waals surface area contributed by atoms with Crippen LogP contribution in [0.25, 0.3) is 0 Å². The summed E-state index contributed by atoms with van der Waals surface area (Å²) < 4.78 is 5.15. The minimum atomic E-state index is -0.168. The summed E-state index contributed by atoms with van der Waals surface area (Å²) in [6.45, 7) is 5.27. The van der Waals surface area contributed by atoms with Crippen molar-refractivity contribution in [3.8, 4) is 0 Å². The van der Waals surface area contributed by atoms with E-state index in [-0.39, 0.29) is 12.0 Å². The van der Waals surface area contributed by atoms with Gasteiger partial charge in [0.25, 0.3) is 0 Å². The molecule has 0 bridgehead atoms. The lowest BCUT2D eigenvalue weighted by atomic mass is 10.1. The van der Waals surface area contributed by atoms with Crippen molar-refractivity contribution in [1.29, 1.82) is 0 Å². The summed E-state index contributed by atoms with van der Waals surface area (Å²) in [5.41, 5.74) is 0. The molecule has 4 heteroatoms. The Morgan fingerprint density at radius 3 is 2.75 bits per heavy atom. The van der Waals surface area contributed by atoms with E-state index >= 15 is 0 Å². The maximum atomic E-state index is 11.9. The van der Waals surface area contributed by atoms with E-state index in [1.807, 2.05) is 13.0 Å². The molecule has 114 valence electrons. The summed E-state index contributed by atoms with van der Waals surface area (Å²) in [5.74, 6) is -0.112. The maximum absolute atomic E-state index is 11.9. The van der Waals surface area contributed by atoms with Crippen molar-refractivity contribution in [2.45, 2.75) is 65.0 Å². The first-order valence-electron chi connectivity index (χ1n) is 7.70. The van der Waals surface area contributed by atoms with Crippen LogP contribution in [0.3, 0.4) is 0 Å². The highest BCUT2D eigenvalue weighted by atomic mass is 32.1. The summed E-state index contributed by atoms with van der Waals surface area (Å²) in [7, 11) is 0. The quantitative estimate of drug-likeness (QED) is 0.493. The summed E-state index contributed by atoms with van der Waals surface area (Å²) in [5, 5.41) is 5.39. The fourth-order valence-corrected chi connectivity index (χ4v) is 2.79. The van der Waals surface area contributed by atoms with Crippen molar-refractivity contribution in [1.82, 2.24) is 5.32 Å². The molecule has 1 unspecified atom stereocenters. The predicted molar refractivity (Wildman–Crippen MR) is 85.0 cm³/mol. The number of hydrogen-bond acceptors (Lipinski definition) is 4. The Bertz CT molecular complexity index is 351. The van der Waals surface area contributed by atoms with Crippen molar-refractivity contribution in [2.75, 3.05) is 6.61 Å². The summed E-state index contributed by atoms with van der Waals surface area (Å²) in [6, 6.07) is 3.95. The first kappa shape index (κ1) is 17.2. The van der Waals surface area contributed by atoms with Gasteiger partial charge in [-0.15, -0.1) is 11.3 Å². The summed E-state index contributed by atoms with van der Waals surface area (Å²) >= 11 is 1.71. The van der Waals surface area contributed by atoms with Crippen molar-refractivity contribution >= 4 is 17.3 Å². The molecule has 1 rings (SSSR count). The minimum Gasteiger partial charge on any atom is -0.465 e. The maximum Gasteiger partial charge on any atom is 0.323 e. The van der Waals surface area contributed by atoms with Crippen LogP contribution in [0.2, 0.25) is 0 Å². The molecule has 0 aliphatic rings. The third-order valence-electron chi connectivity index (χ3n) is 3.27. The zero-order valence-corrected chi connectivity index (χ0v) is 13.5. The molecule has 1 heterocycles. The average Bonchev–Trinajstić information content (AvgIpc) is 2.95. The van der Waals surface area contributed by atoms with Crippen LogP contribution in [0.4, 0.5) is 0 Å². The molecule has 0 amide bonds. The summed E-state index contributed by atoms with van der Waals surface area (Å²) in [6.07, 6.45) is 6.95. The largest absolute Gasteiger partial charge is 0.465 e. The number of thiophene rings is 1. The molecule has 3 nitrogen and oxygen atoms in total. The topological polar surface area (TPSA) is 38.3 Å². The first-order valence-corrected chi connectivity index (χ1v) is 8.58. The number of nitrogens with one attached hydrogen (secondary N) is 1. The van der Waals surface area contributed by atoms with Gasteiger partial charge in [-0.25, -0.2) is 0 Å². The lowest BCUT2D eigenvalue weighted by molar-refractivity contribution is -0.145. The second-order valence-corrected chi connectivity index (χ2v) is 6.00. The zero-order valence-electron chi connectivity index (χ0n) is 12.7. The number of rotatable bonds is 11. The monoisotopic (exact) mass is 297 g/mol. The van der Waals surface area contributed by atoms with E-state index in [0.717, 1.165) is 19.4 Å². The SMILES string of the molecule is CCCCCCCC(NCc1cccs1)C(=O)OCC. The lowest BCUT2D eigenvalue weighted by Crippen LogP contribution is -2.37. The number of hydrogen-bond donors (Lipinski definition) is 1. The predicted octanol–water partition coefficient (Wildman–Crippen LogP) is 4.13. The molecule has 0 radical (unpaired) electrons. The molecule has 0 spiro atoms. The number of unbranched alkanes of at least 4 members (excludes halogenated alkanes) is 4. The molecule has 1 N–H and O–H groups in total. The Balaban J connectivity index is 2.33. The van der Waals surface area contributed by atoms with Gasteiger partial charge in [-0.3, -0.25) is 10.1 Å². The Morgan fingerprint density at radius 1 is 1.30 bits per heavy atom. The molecule has 0 aromatic carbocycles. The molecule has 0 saturated carbocycles. The number of ether oxygens (including phenoxy) is 1. The highest BCUT2D eigenvalue weighted by molar-refractivity contribution is 7.09. The molecule has 0 fully saturated rings. The van der Waals surface area contributed by atoms with Crippen LogP contribution < -0.4 is 5.32 Å². The van der Waals surface area contributed by atoms with Crippen molar-refractivity contribution in [3.05, 3.63) is 22.4 Å². The van der Waals surface area contributed by atoms with Gasteiger partial charge < -0.3 is 4.74 Å². The molecule has 20 heavy (non-hydrogen) atoms. The fraction of sp³-hybridized carbons (Fsp3) is 0.688. The Hall–Kier alpha value is -0.870. The second kappa shape index (κ2) is 10.9. The Kier molecular flexibility index (Phi) is 9.33. The molecule has 0 saturated heterocycles. The Labute approximate surface area is 126 Å². The highest BCUT2D eigenvalue weighted by Crippen LogP contribution is 2.11. The third kappa shape index (κ3) is 7.06. The number of carbonyl (C=O) groups is 1. The third-order valence-corrected chi connectivity index (χ3v) is 4.15. The number of esters is 1. The van der Waals surface area contributed by atoms with Crippen LogP contribution in [0.5, 0.6) is 0 Å². The highest BCUT2D eigenvalue weighted by Gasteiger charge is 2.18. The van der Waals surface area contributed by atoms with Gasteiger partial charge in [0.15, 0.2) is 0 Å². The molecule has 1 aromatic heterocycles. The van der Waals surface area contributed by atoms with E-state index in [0.29, 0.717) is 6.61 Å². The van der Waals surface area contributed by atoms with Gasteiger partial charge in [0.1, 0.15) is 6.04 Å². The van der Waals surface area contributed by atoms with Crippen LogP contribution in [-0.2, 0) is 16.1 Å². The molecule has 1 atom stereocenters. The van der Waals surface area contributed by atoms with Gasteiger partial charge in [0.05, 0.1) is 6.61 Å². The standard InChI is InChI=1S/C16H27NO2S/c1-3-5-6-7-8-11-15(16(18)19-4-2)17-13-14-10-9-12-20-14/h9-10,12,15,17H,3-8,11,13H2,1-2H3. The van der Waals surface area contributed by atoms with Crippen LogP contribution in [-0.4, -0.2) is 18.6 Å². The van der Waals surface area contributed by atoms with E-state index in [9.17, 15) is 4.79 Å². The first-order chi connectivity index (χ1) is 9.77. The normalized spacial score (nSPS) is 12.3. The average molecular weight is 297 g/mol. The van der Waals surface area contributed by atoms with E-state index in [4.69, 9.17) is 4.74 Å². The zero-order chi connectivity index (χ0) is 14.6. The van der Waals surface area contributed by atoms with E-state index in [1.165, 1.54) is 30.6 Å².